The number of carbonyl (C=O) groups is 4. The van der Waals surface area contributed by atoms with Crippen molar-refractivity contribution in [3.63, 3.8) is 0 Å². The smallest absolute Gasteiger partial charge is 0.272 e. The third kappa shape index (κ3) is 9.54. The third-order valence-electron chi connectivity index (χ3n) is 13.2. The van der Waals surface area contributed by atoms with Crippen molar-refractivity contribution in [2.24, 2.45) is 11.8 Å². The first-order valence-corrected chi connectivity index (χ1v) is 21.6. The highest BCUT2D eigenvalue weighted by atomic mass is 19.3. The van der Waals surface area contributed by atoms with Crippen LogP contribution in [-0.2, 0) is 25.5 Å². The average molecular weight is 834 g/mol. The molecule has 2 N–H and O–H groups in total. The van der Waals surface area contributed by atoms with Crippen molar-refractivity contribution in [3.05, 3.63) is 75.5 Å². The maximum absolute atomic E-state index is 15.0. The average Bonchev–Trinajstić information content (AvgIpc) is 3.92. The normalized spacial score (nSPS) is 22.4. The van der Waals surface area contributed by atoms with Gasteiger partial charge in [-0.25, -0.2) is 18.3 Å². The Kier molecular flexibility index (Phi) is 12.6. The Morgan fingerprint density at radius 2 is 1.45 bits per heavy atom. The number of alkyl halides is 2. The summed E-state index contributed by atoms with van der Waals surface area (Å²) in [5.74, 6) is -6.30. The summed E-state index contributed by atoms with van der Waals surface area (Å²) >= 11 is 0. The minimum atomic E-state index is -2.98. The zero-order valence-electron chi connectivity index (χ0n) is 33.9. The number of aromatic nitrogens is 2. The van der Waals surface area contributed by atoms with E-state index in [0.29, 0.717) is 80.6 Å². The van der Waals surface area contributed by atoms with Crippen LogP contribution in [0.5, 0.6) is 0 Å². The molecule has 322 valence electrons. The lowest BCUT2D eigenvalue weighted by Crippen LogP contribution is -2.55. The second-order valence-electron chi connectivity index (χ2n) is 17.2. The number of nitrogens with zero attached hydrogens (tertiary/aromatic N) is 5. The van der Waals surface area contributed by atoms with E-state index in [1.165, 1.54) is 12.1 Å². The molecule has 2 atom stereocenters. The highest BCUT2D eigenvalue weighted by Gasteiger charge is 2.61. The van der Waals surface area contributed by atoms with Crippen molar-refractivity contribution in [2.45, 2.75) is 94.8 Å². The minimum Gasteiger partial charge on any atom is -0.375 e. The molecule has 5 aliphatic rings. The number of halogens is 3. The maximum atomic E-state index is 15.0. The number of ether oxygens (including phenoxy) is 1. The van der Waals surface area contributed by atoms with Crippen LogP contribution in [0.15, 0.2) is 47.3 Å². The van der Waals surface area contributed by atoms with Crippen molar-refractivity contribution in [3.8, 4) is 0 Å². The van der Waals surface area contributed by atoms with E-state index in [1.54, 1.807) is 32.9 Å². The van der Waals surface area contributed by atoms with E-state index in [4.69, 9.17) is 4.74 Å². The van der Waals surface area contributed by atoms with Crippen molar-refractivity contribution in [1.82, 2.24) is 35.1 Å². The van der Waals surface area contributed by atoms with E-state index < -0.39 is 41.9 Å². The van der Waals surface area contributed by atoms with Gasteiger partial charge in [0.15, 0.2) is 0 Å². The number of carbonyl (C=O) groups excluding carboxylic acids is 4. The molecule has 0 unspecified atom stereocenters. The lowest BCUT2D eigenvalue weighted by molar-refractivity contribution is -0.142. The first kappa shape index (κ1) is 41.9. The molecule has 3 saturated heterocycles. The molecule has 5 fully saturated rings. The Hall–Kier alpha value is -4.83. The molecule has 4 heterocycles. The molecular formula is C44H54F3N7O6. The maximum Gasteiger partial charge on any atom is 0.272 e. The van der Waals surface area contributed by atoms with Gasteiger partial charge in [0.2, 0.25) is 17.7 Å². The van der Waals surface area contributed by atoms with E-state index in [1.807, 2.05) is 12.1 Å². The molecule has 3 aliphatic heterocycles. The summed E-state index contributed by atoms with van der Waals surface area (Å²) in [5, 5.41) is 10.7. The van der Waals surface area contributed by atoms with Gasteiger partial charge in [0.05, 0.1) is 35.4 Å². The molecule has 60 heavy (non-hydrogen) atoms. The summed E-state index contributed by atoms with van der Waals surface area (Å²) in [6, 6.07) is 10.8. The van der Waals surface area contributed by atoms with Gasteiger partial charge in [0, 0.05) is 70.6 Å². The first-order chi connectivity index (χ1) is 28.9. The van der Waals surface area contributed by atoms with Crippen molar-refractivity contribution < 1.29 is 37.1 Å². The molecule has 0 spiro atoms. The van der Waals surface area contributed by atoms with E-state index in [-0.39, 0.29) is 60.7 Å². The zero-order valence-corrected chi connectivity index (χ0v) is 33.9. The van der Waals surface area contributed by atoms with Crippen LogP contribution in [0.1, 0.15) is 85.8 Å². The molecule has 4 amide bonds. The Morgan fingerprint density at radius 3 is 2.12 bits per heavy atom. The molecule has 13 nitrogen and oxygen atoms in total. The number of rotatable bonds is 11. The van der Waals surface area contributed by atoms with Crippen LogP contribution in [0.4, 0.5) is 13.2 Å². The van der Waals surface area contributed by atoms with Crippen molar-refractivity contribution in [1.29, 1.82) is 0 Å². The monoisotopic (exact) mass is 833 g/mol. The molecule has 1 aromatic heterocycles. The summed E-state index contributed by atoms with van der Waals surface area (Å²) in [7, 11) is 0. The lowest BCUT2D eigenvalue weighted by atomic mass is 9.83. The number of hydrogen-bond acceptors (Lipinski definition) is 8. The number of amides is 4. The molecule has 8 rings (SSSR count). The number of piperidine rings is 2. The Bertz CT molecular complexity index is 2120. The molecule has 2 aliphatic carbocycles. The quantitative estimate of drug-likeness (QED) is 0.293. The van der Waals surface area contributed by atoms with Crippen LogP contribution in [0.2, 0.25) is 0 Å². The van der Waals surface area contributed by atoms with Gasteiger partial charge in [-0.1, -0.05) is 43.5 Å². The van der Waals surface area contributed by atoms with Crippen LogP contribution in [0, 0.1) is 17.7 Å². The highest BCUT2D eigenvalue weighted by molar-refractivity contribution is 5.95. The van der Waals surface area contributed by atoms with Crippen LogP contribution in [0.3, 0.4) is 0 Å². The topological polar surface area (TPSA) is 148 Å². The van der Waals surface area contributed by atoms with E-state index in [9.17, 15) is 32.8 Å². The summed E-state index contributed by atoms with van der Waals surface area (Å²) < 4.78 is 48.8. The number of H-pyrrole nitrogens is 1. The third-order valence-corrected chi connectivity index (χ3v) is 13.2. The fraction of sp³-hybridized carbons (Fsp3) is 0.591. The summed E-state index contributed by atoms with van der Waals surface area (Å²) in [4.78, 5) is 72.6. The van der Waals surface area contributed by atoms with Gasteiger partial charge >= 0.3 is 0 Å². The van der Waals surface area contributed by atoms with Gasteiger partial charge in [-0.3, -0.25) is 28.9 Å². The van der Waals surface area contributed by atoms with Crippen LogP contribution < -0.4 is 10.9 Å². The van der Waals surface area contributed by atoms with Crippen LogP contribution >= 0.6 is 0 Å². The summed E-state index contributed by atoms with van der Waals surface area (Å²) in [5.41, 5.74) is 0.957. The van der Waals surface area contributed by atoms with Crippen LogP contribution in [0.25, 0.3) is 10.8 Å². The Morgan fingerprint density at radius 1 is 0.817 bits per heavy atom. The summed E-state index contributed by atoms with van der Waals surface area (Å²) in [6.45, 7) is 3.93. The zero-order chi connectivity index (χ0) is 42.0. The van der Waals surface area contributed by atoms with E-state index >= 15 is 4.39 Å². The minimum absolute atomic E-state index is 0.0110. The standard InChI is InChI=1S/C44H54F3N7O6/c45-36-11-10-28(25-37-32-8-4-5-9-33(32)40(56)50-49-37)24-34(36)42(58)54-22-20-52(21-23-54)38(55)27-51-16-12-30(13-17-51)60-31-14-18-53(19-15-31)43(59)39(29-6-2-1-3-7-29)48-41(57)35-26-44(35,46)47/h4-5,8-11,24,29-31,35,39H,1-3,6-7,12-23,25-27H2,(H,48,57)(H,50,56)/t35-,39+/m0/s1. The summed E-state index contributed by atoms with van der Waals surface area (Å²) in [6.07, 6.45) is 7.35. The number of benzene rings is 2. The largest absolute Gasteiger partial charge is 0.375 e. The second kappa shape index (κ2) is 18.0. The Labute approximate surface area is 347 Å². The highest BCUT2D eigenvalue weighted by Crippen LogP contribution is 2.48. The first-order valence-electron chi connectivity index (χ1n) is 21.6. The Balaban J connectivity index is 0.757. The van der Waals surface area contributed by atoms with Gasteiger partial charge in [-0.05, 0) is 68.2 Å². The number of hydrogen-bond donors (Lipinski definition) is 2. The second-order valence-corrected chi connectivity index (χ2v) is 17.2. The predicted octanol–water partition coefficient (Wildman–Crippen LogP) is 4.13. The van der Waals surface area contributed by atoms with E-state index in [0.717, 1.165) is 44.9 Å². The van der Waals surface area contributed by atoms with Gasteiger partial charge in [-0.15, -0.1) is 0 Å². The molecule has 3 aromatic rings. The molecule has 0 radical (unpaired) electrons. The van der Waals surface area contributed by atoms with Crippen molar-refractivity contribution in [2.75, 3.05) is 58.9 Å². The van der Waals surface area contributed by atoms with Gasteiger partial charge < -0.3 is 24.8 Å². The van der Waals surface area contributed by atoms with Gasteiger partial charge in [0.1, 0.15) is 17.8 Å². The number of fused-ring (bicyclic) bond motifs is 1. The molecular weight excluding hydrogens is 780 g/mol. The predicted molar refractivity (Wildman–Crippen MR) is 216 cm³/mol. The number of aromatic amines is 1. The number of likely N-dealkylation sites (tertiary alicyclic amines) is 2. The SMILES string of the molecule is O=C(N[C@@H](C(=O)N1CCC(OC2CCN(CC(=O)N3CCN(C(=O)c4cc(Cc5n[nH]c(=O)c6ccccc56)ccc4F)CC3)CC2)CC1)C1CCCCC1)[C@@H]1CC1(F)F. The molecule has 2 saturated carbocycles. The number of nitrogens with one attached hydrogen (secondary N) is 2. The number of piperazine rings is 1. The lowest BCUT2D eigenvalue weighted by Gasteiger charge is -2.40. The van der Waals surface area contributed by atoms with Gasteiger partial charge in [0.25, 0.3) is 17.4 Å². The molecule has 16 heteroatoms. The molecule has 0 bridgehead atoms. The fourth-order valence-corrected chi connectivity index (χ4v) is 9.45. The van der Waals surface area contributed by atoms with E-state index in [2.05, 4.69) is 20.4 Å². The molecule has 2 aromatic carbocycles. The van der Waals surface area contributed by atoms with Gasteiger partial charge in [-0.2, -0.15) is 5.10 Å². The van der Waals surface area contributed by atoms with Crippen molar-refractivity contribution >= 4 is 34.4 Å². The van der Waals surface area contributed by atoms with Crippen LogP contribution in [-0.4, -0.2) is 137 Å². The fourth-order valence-electron chi connectivity index (χ4n) is 9.45.